The van der Waals surface area contributed by atoms with Crippen LogP contribution in [0.15, 0.2) is 48.5 Å². The lowest BCUT2D eigenvalue weighted by atomic mass is 10.1. The van der Waals surface area contributed by atoms with Crippen LogP contribution in [0.25, 0.3) is 0 Å². The highest BCUT2D eigenvalue weighted by Crippen LogP contribution is 2.26. The van der Waals surface area contributed by atoms with Crippen LogP contribution in [0.3, 0.4) is 0 Å². The predicted octanol–water partition coefficient (Wildman–Crippen LogP) is 5.72. The minimum atomic E-state index is -0.803. The van der Waals surface area contributed by atoms with E-state index in [-0.39, 0.29) is 11.6 Å². The standard InChI is InChI=1S/C19H20F2O3/c1-3-17(13-5-9-15(20)10-6-13)23-19(22)24-18(4-2)14-7-11-16(21)12-8-14/h5-12,17-18H,3-4H2,1-2H3. The van der Waals surface area contributed by atoms with Crippen molar-refractivity contribution in [1.29, 1.82) is 0 Å². The molecule has 2 unspecified atom stereocenters. The van der Waals surface area contributed by atoms with Gasteiger partial charge in [-0.2, -0.15) is 0 Å². The van der Waals surface area contributed by atoms with E-state index < -0.39 is 18.4 Å². The number of ether oxygens (including phenoxy) is 2. The minimum Gasteiger partial charge on any atom is -0.426 e. The summed E-state index contributed by atoms with van der Waals surface area (Å²) >= 11 is 0. The second-order valence-electron chi connectivity index (χ2n) is 5.38. The molecular weight excluding hydrogens is 314 g/mol. The molecule has 0 saturated heterocycles. The van der Waals surface area contributed by atoms with Crippen LogP contribution >= 0.6 is 0 Å². The van der Waals surface area contributed by atoms with Crippen molar-refractivity contribution in [3.05, 3.63) is 71.3 Å². The smallest absolute Gasteiger partial charge is 0.426 e. The Hall–Kier alpha value is -2.43. The SMILES string of the molecule is CCC(OC(=O)OC(CC)c1ccc(F)cc1)c1ccc(F)cc1. The predicted molar refractivity (Wildman–Crippen MR) is 86.4 cm³/mol. The summed E-state index contributed by atoms with van der Waals surface area (Å²) in [5.74, 6) is -0.697. The number of benzene rings is 2. The first-order chi connectivity index (χ1) is 11.5. The van der Waals surface area contributed by atoms with Crippen molar-refractivity contribution in [3.8, 4) is 0 Å². The van der Waals surface area contributed by atoms with E-state index in [1.54, 1.807) is 24.3 Å². The van der Waals surface area contributed by atoms with Crippen molar-refractivity contribution >= 4 is 6.16 Å². The lowest BCUT2D eigenvalue weighted by molar-refractivity contribution is -0.00519. The van der Waals surface area contributed by atoms with E-state index in [4.69, 9.17) is 9.47 Å². The quantitative estimate of drug-likeness (QED) is 0.634. The molecule has 0 aliphatic heterocycles. The third-order valence-corrected chi connectivity index (χ3v) is 3.70. The van der Waals surface area contributed by atoms with Crippen molar-refractivity contribution in [2.45, 2.75) is 38.9 Å². The van der Waals surface area contributed by atoms with Crippen molar-refractivity contribution in [2.75, 3.05) is 0 Å². The number of hydrogen-bond acceptors (Lipinski definition) is 3. The summed E-state index contributed by atoms with van der Waals surface area (Å²) < 4.78 is 36.7. The third kappa shape index (κ3) is 4.78. The fourth-order valence-corrected chi connectivity index (χ4v) is 2.39. The molecule has 3 nitrogen and oxygen atoms in total. The van der Waals surface area contributed by atoms with E-state index in [0.717, 1.165) is 0 Å². The van der Waals surface area contributed by atoms with E-state index in [1.165, 1.54) is 24.3 Å². The highest BCUT2D eigenvalue weighted by Gasteiger charge is 2.20. The molecule has 0 radical (unpaired) electrons. The number of carbonyl (C=O) groups excluding carboxylic acids is 1. The molecule has 0 N–H and O–H groups in total. The van der Waals surface area contributed by atoms with Gasteiger partial charge in [-0.05, 0) is 48.2 Å². The maximum atomic E-state index is 13.0. The van der Waals surface area contributed by atoms with E-state index in [9.17, 15) is 13.6 Å². The molecule has 128 valence electrons. The van der Waals surface area contributed by atoms with E-state index in [1.807, 2.05) is 13.8 Å². The van der Waals surface area contributed by atoms with Gasteiger partial charge in [0.25, 0.3) is 0 Å². The largest absolute Gasteiger partial charge is 0.509 e. The Kier molecular flexibility index (Phi) is 6.29. The van der Waals surface area contributed by atoms with Crippen molar-refractivity contribution < 1.29 is 23.0 Å². The molecule has 0 bridgehead atoms. The summed E-state index contributed by atoms with van der Waals surface area (Å²) in [4.78, 5) is 12.1. The van der Waals surface area contributed by atoms with Gasteiger partial charge in [-0.1, -0.05) is 38.1 Å². The van der Waals surface area contributed by atoms with Crippen molar-refractivity contribution in [2.24, 2.45) is 0 Å². The molecular formula is C19H20F2O3. The van der Waals surface area contributed by atoms with Gasteiger partial charge in [-0.3, -0.25) is 0 Å². The lowest BCUT2D eigenvalue weighted by Gasteiger charge is -2.20. The number of halogens is 2. The van der Waals surface area contributed by atoms with E-state index >= 15 is 0 Å². The molecule has 0 spiro atoms. The fraction of sp³-hybridized carbons (Fsp3) is 0.316. The van der Waals surface area contributed by atoms with Crippen molar-refractivity contribution in [1.82, 2.24) is 0 Å². The second-order valence-corrected chi connectivity index (χ2v) is 5.38. The van der Waals surface area contributed by atoms with Crippen LogP contribution in [-0.2, 0) is 9.47 Å². The summed E-state index contributed by atoms with van der Waals surface area (Å²) in [6, 6.07) is 11.6. The van der Waals surface area contributed by atoms with E-state index in [0.29, 0.717) is 24.0 Å². The molecule has 0 aromatic heterocycles. The molecule has 0 heterocycles. The van der Waals surface area contributed by atoms with Crippen molar-refractivity contribution in [3.63, 3.8) is 0 Å². The molecule has 0 amide bonds. The van der Waals surface area contributed by atoms with Crippen LogP contribution in [0.4, 0.5) is 13.6 Å². The van der Waals surface area contributed by atoms with Gasteiger partial charge in [0.2, 0.25) is 0 Å². The molecule has 2 aromatic carbocycles. The normalized spacial score (nSPS) is 13.2. The molecule has 2 atom stereocenters. The van der Waals surface area contributed by atoms with Crippen LogP contribution < -0.4 is 0 Å². The fourth-order valence-electron chi connectivity index (χ4n) is 2.39. The zero-order chi connectivity index (χ0) is 17.5. The highest BCUT2D eigenvalue weighted by atomic mass is 19.1. The first-order valence-corrected chi connectivity index (χ1v) is 7.91. The topological polar surface area (TPSA) is 35.5 Å². The maximum Gasteiger partial charge on any atom is 0.509 e. The molecule has 24 heavy (non-hydrogen) atoms. The zero-order valence-corrected chi connectivity index (χ0v) is 13.7. The molecule has 0 aliphatic carbocycles. The zero-order valence-electron chi connectivity index (χ0n) is 13.7. The summed E-state index contributed by atoms with van der Waals surface area (Å²) in [6.07, 6.45) is -0.753. The van der Waals surface area contributed by atoms with Crippen LogP contribution in [-0.4, -0.2) is 6.16 Å². The maximum absolute atomic E-state index is 13.0. The Morgan fingerprint density at radius 1 is 0.792 bits per heavy atom. The van der Waals surface area contributed by atoms with Gasteiger partial charge in [0.15, 0.2) is 0 Å². The Labute approximate surface area is 140 Å². The third-order valence-electron chi connectivity index (χ3n) is 3.70. The van der Waals surface area contributed by atoms with Gasteiger partial charge in [-0.15, -0.1) is 0 Å². The first kappa shape index (κ1) is 17.9. The van der Waals surface area contributed by atoms with E-state index in [2.05, 4.69) is 0 Å². The Bertz CT molecular complexity index is 596. The highest BCUT2D eigenvalue weighted by molar-refractivity contribution is 5.61. The Balaban J connectivity index is 2.01. The summed E-state index contributed by atoms with van der Waals surface area (Å²) in [5.41, 5.74) is 1.40. The van der Waals surface area contributed by atoms with Gasteiger partial charge in [0.1, 0.15) is 23.8 Å². The molecule has 0 saturated carbocycles. The minimum absolute atomic E-state index is 0.349. The number of rotatable bonds is 6. The Morgan fingerprint density at radius 2 is 1.12 bits per heavy atom. The van der Waals surface area contributed by atoms with Gasteiger partial charge < -0.3 is 9.47 Å². The van der Waals surface area contributed by atoms with Crippen LogP contribution in [0, 0.1) is 11.6 Å². The monoisotopic (exact) mass is 334 g/mol. The van der Waals surface area contributed by atoms with Gasteiger partial charge in [0, 0.05) is 0 Å². The average Bonchev–Trinajstić information content (AvgIpc) is 2.59. The molecule has 5 heteroatoms. The molecule has 2 aromatic rings. The Morgan fingerprint density at radius 3 is 1.42 bits per heavy atom. The lowest BCUT2D eigenvalue weighted by Crippen LogP contribution is -2.15. The summed E-state index contributed by atoms with van der Waals surface area (Å²) in [5, 5.41) is 0. The van der Waals surface area contributed by atoms with Crippen LogP contribution in [0.5, 0.6) is 0 Å². The second kappa shape index (κ2) is 8.43. The molecule has 2 rings (SSSR count). The van der Waals surface area contributed by atoms with Crippen LogP contribution in [0.2, 0.25) is 0 Å². The summed E-state index contributed by atoms with van der Waals surface area (Å²) in [7, 11) is 0. The summed E-state index contributed by atoms with van der Waals surface area (Å²) in [6.45, 7) is 3.72. The van der Waals surface area contributed by atoms with Gasteiger partial charge in [0.05, 0.1) is 0 Å². The van der Waals surface area contributed by atoms with Gasteiger partial charge in [-0.25, -0.2) is 13.6 Å². The van der Waals surface area contributed by atoms with Gasteiger partial charge >= 0.3 is 6.16 Å². The van der Waals surface area contributed by atoms with Crippen LogP contribution in [0.1, 0.15) is 50.0 Å². The molecule has 0 fully saturated rings. The average molecular weight is 334 g/mol. The number of hydrogen-bond donors (Lipinski definition) is 0. The first-order valence-electron chi connectivity index (χ1n) is 7.91. The number of carbonyl (C=O) groups is 1. The molecule has 0 aliphatic rings.